The van der Waals surface area contributed by atoms with E-state index in [1.165, 1.54) is 51.6 Å². The van der Waals surface area contributed by atoms with Crippen molar-refractivity contribution in [2.24, 2.45) is 0 Å². The van der Waals surface area contributed by atoms with Gasteiger partial charge in [-0.25, -0.2) is 8.42 Å². The highest BCUT2D eigenvalue weighted by molar-refractivity contribution is 7.90. The summed E-state index contributed by atoms with van der Waals surface area (Å²) in [6, 6.07) is 56.0. The van der Waals surface area contributed by atoms with Gasteiger partial charge in [0.1, 0.15) is 98.7 Å². The number of hydrogen-bond donors (Lipinski definition) is 8. The first kappa shape index (κ1) is 105. The van der Waals surface area contributed by atoms with Crippen LogP contribution >= 0.6 is 69.1 Å². The van der Waals surface area contributed by atoms with Crippen molar-refractivity contribution in [1.29, 1.82) is 0 Å². The Morgan fingerprint density at radius 2 is 0.616 bits per heavy atom. The van der Waals surface area contributed by atoms with E-state index in [-0.39, 0.29) is 19.6 Å². The van der Waals surface area contributed by atoms with Crippen molar-refractivity contribution in [2.45, 2.75) is 213 Å². The Balaban J connectivity index is 0.000000157. The summed E-state index contributed by atoms with van der Waals surface area (Å²) in [5, 5.41) is 83.9. The van der Waals surface area contributed by atoms with Crippen LogP contribution in [-0.2, 0) is 142 Å². The number of thiophene rings is 2. The lowest BCUT2D eigenvalue weighted by Crippen LogP contribution is -2.59. The molecule has 732 valence electrons. The summed E-state index contributed by atoms with van der Waals surface area (Å²) in [6.45, 7) is 7.94. The second-order valence-corrected chi connectivity index (χ2v) is 40.2. The Kier molecular flexibility index (Phi) is 36.2. The highest BCUT2D eigenvalue weighted by Gasteiger charge is 2.55. The van der Waals surface area contributed by atoms with Crippen LogP contribution in [0.5, 0.6) is 0 Å². The van der Waals surface area contributed by atoms with Crippen LogP contribution < -0.4 is 0 Å². The molecule has 10 aromatic rings. The predicted molar refractivity (Wildman–Crippen MR) is 511 cm³/mol. The third-order valence-electron chi connectivity index (χ3n) is 23.1. The predicted octanol–water partition coefficient (Wildman–Crippen LogP) is 13.0. The number of rotatable bonds is 24. The maximum absolute atomic E-state index is 13.1. The molecular formula is C100H100Cl4O30S4. The highest BCUT2D eigenvalue weighted by Crippen LogP contribution is 2.46. The average molecular weight is 2050 g/mol. The molecule has 0 bridgehead atoms. The quantitative estimate of drug-likeness (QED) is 0.0206. The number of ether oxygens (including phenoxy) is 12. The van der Waals surface area contributed by atoms with E-state index in [2.05, 4.69) is 30.3 Å². The maximum Gasteiger partial charge on any atom is 0.303 e. The molecule has 22 atom stereocenters. The van der Waals surface area contributed by atoms with Crippen LogP contribution in [0.25, 0.3) is 32.3 Å². The fourth-order valence-corrected chi connectivity index (χ4v) is 22.5. The zero-order chi connectivity index (χ0) is 99.4. The normalized spacial score (nSPS) is 26.2. The number of hydrogen-bond acceptors (Lipinski definition) is 32. The minimum absolute atomic E-state index is 0.263. The van der Waals surface area contributed by atoms with Crippen molar-refractivity contribution < 1.29 is 144 Å². The van der Waals surface area contributed by atoms with E-state index in [9.17, 15) is 87.6 Å². The minimum atomic E-state index is -1.45. The van der Waals surface area contributed by atoms with Crippen molar-refractivity contribution in [3.8, 4) is 0 Å². The second-order valence-electron chi connectivity index (χ2n) is 33.2. The Morgan fingerprint density at radius 3 is 0.928 bits per heavy atom. The number of aliphatic hydroxyl groups excluding tert-OH is 8. The molecule has 8 aromatic carbocycles. The molecule has 0 radical (unpaired) electrons. The van der Waals surface area contributed by atoms with Gasteiger partial charge in [0.05, 0.1) is 44.6 Å². The highest BCUT2D eigenvalue weighted by atomic mass is 35.5. The summed E-state index contributed by atoms with van der Waals surface area (Å²) >= 11 is 29.3. The molecule has 0 saturated carbocycles. The van der Waals surface area contributed by atoms with Crippen LogP contribution in [0, 0.1) is 0 Å². The standard InChI is InChI=1S/C29H29ClO10S.C29H29ClO9S.C21H21ClO6S.C21H21ClO5S/c1-15(31)36-14-24-27(37-16(2)32)29(39-18(4)34)28(38-17(3)33)26(40-24)20-9-10-23(30)21(11-20)13-22-12-19-7-5-6-8-25(19)41(22)35;1-15(31)35-14-24-27(36-16(2)32)29(38-18(4)34)28(37-17(3)33)26(39-24)20-9-10-23(30)21(11-20)13-22-12-19-7-5-6-8-25(19)40-22;22-15-6-5-12(21-20(26)19(25)18(24)16(10-23)28-21)7-13(15)9-14-8-11-3-1-2-4-17(11)29(14)27;22-15-6-5-12(21-20(26)19(25)18(24)16(10-23)27-21)7-13(15)9-14-8-11-3-1-2-4-17(11)28-14/h5-12,24,26-29H,13-14H2,1-4H3;5-12,24,26-29H,13-14H2,1-4H3;1-8,16,18-21,23-26H,9-10H2;1-8,16,18-21,23-26H,9-10H2/t24-,26?,27-,28+,29+,41?;24-,26?,27-,28+,29+;16-,18-,19+,20-,21?,29?;16-,18-,19+,20-,21?/m1111/s1. The van der Waals surface area contributed by atoms with Gasteiger partial charge in [-0.1, -0.05) is 168 Å². The molecule has 8 heterocycles. The molecule has 8 N–H and O–H groups in total. The third kappa shape index (κ3) is 25.8. The van der Waals surface area contributed by atoms with Crippen LogP contribution in [0.4, 0.5) is 0 Å². The first-order valence-corrected chi connectivity index (χ1v) is 49.0. The Hall–Kier alpha value is -10.1. The van der Waals surface area contributed by atoms with Crippen LogP contribution in [0.1, 0.15) is 145 Å². The number of allylic oxidation sites excluding steroid dienone is 2. The average Bonchev–Trinajstić information content (AvgIpc) is 1.36. The van der Waals surface area contributed by atoms with Gasteiger partial charge >= 0.3 is 47.8 Å². The summed E-state index contributed by atoms with van der Waals surface area (Å²) in [6.07, 6.45) is -18.1. The minimum Gasteiger partial charge on any atom is -0.463 e. The molecule has 4 saturated heterocycles. The molecule has 0 aliphatic carbocycles. The monoisotopic (exact) mass is 2050 g/mol. The molecule has 0 amide bonds. The summed E-state index contributed by atoms with van der Waals surface area (Å²) in [7, 11) is -2.62. The van der Waals surface area contributed by atoms with E-state index in [1.807, 2.05) is 103 Å². The Labute approximate surface area is 826 Å². The molecule has 0 spiro atoms. The van der Waals surface area contributed by atoms with Gasteiger partial charge in [0.15, 0.2) is 36.6 Å². The molecule has 16 rings (SSSR count). The van der Waals surface area contributed by atoms with E-state index >= 15 is 0 Å². The Bertz CT molecular complexity index is 6190. The maximum atomic E-state index is 13.1. The van der Waals surface area contributed by atoms with Crippen molar-refractivity contribution in [3.05, 3.63) is 277 Å². The molecule has 38 heteroatoms. The van der Waals surface area contributed by atoms with Gasteiger partial charge in [0.2, 0.25) is 0 Å². The van der Waals surface area contributed by atoms with Crippen LogP contribution in [0.3, 0.4) is 0 Å². The van der Waals surface area contributed by atoms with Crippen molar-refractivity contribution in [2.75, 3.05) is 26.4 Å². The smallest absolute Gasteiger partial charge is 0.303 e. The molecule has 30 nitrogen and oxygen atoms in total. The SMILES string of the molecule is CC(=O)OC[C@H]1OC(c2ccc(Cl)c(CC3=Cc4ccccc4S3=O)c2)[C@H](OC(C)=O)[C@@H](OC(C)=O)[C@@H]1OC(C)=O.CC(=O)OC[C@H]1OC(c2ccc(Cl)c(Cc3cc4ccccc4s3)c2)[C@H](OC(C)=O)[C@@H](OC(C)=O)[C@@H]1OC(C)=O.O=S1C(Cc2cc(C3O[C@H](CO)[C@@H](O)[C@H](O)[C@H]3O)ccc2Cl)=Cc2ccccc21.OC[C@H]1OC(c2ccc(Cl)c(Cc3cc4ccccc4s3)c2)[C@H](O)[C@@H](O)[C@@H]1O. The molecule has 138 heavy (non-hydrogen) atoms. The number of esters is 8. The second kappa shape index (κ2) is 47.4. The van der Waals surface area contributed by atoms with Crippen molar-refractivity contribution >= 4 is 171 Å². The number of fused-ring (bicyclic) bond motifs is 4. The molecule has 2 aromatic heterocycles. The van der Waals surface area contributed by atoms with Gasteiger partial charge in [0, 0.05) is 130 Å². The van der Waals surface area contributed by atoms with Crippen LogP contribution in [0.15, 0.2) is 202 Å². The zero-order valence-corrected chi connectivity index (χ0v) is 81.7. The van der Waals surface area contributed by atoms with E-state index < -0.39 is 205 Å². The van der Waals surface area contributed by atoms with Gasteiger partial charge in [-0.3, -0.25) is 38.4 Å². The summed E-state index contributed by atoms with van der Waals surface area (Å²) in [5.41, 5.74) is 7.05. The lowest BCUT2D eigenvalue weighted by Gasteiger charge is -2.44. The number of benzene rings is 8. The zero-order valence-electron chi connectivity index (χ0n) is 75.4. The fraction of sp³-hybridized carbons (Fsp3) is 0.360. The molecule has 4 fully saturated rings. The molecule has 6 unspecified atom stereocenters. The number of carbonyl (C=O) groups excluding carboxylic acids is 8. The number of aliphatic hydroxyl groups is 8. The van der Waals surface area contributed by atoms with E-state index in [0.717, 1.165) is 70.6 Å². The number of halogens is 4. The van der Waals surface area contributed by atoms with Gasteiger partial charge in [-0.05, 0) is 139 Å². The molecular weight excluding hydrogens is 1950 g/mol. The number of carbonyl (C=O) groups is 8. The van der Waals surface area contributed by atoms with Gasteiger partial charge in [-0.15, -0.1) is 22.7 Å². The van der Waals surface area contributed by atoms with E-state index in [0.29, 0.717) is 77.6 Å². The van der Waals surface area contributed by atoms with Gasteiger partial charge in [-0.2, -0.15) is 0 Å². The molecule has 6 aliphatic heterocycles. The fourth-order valence-electron chi connectivity index (χ4n) is 16.9. The van der Waals surface area contributed by atoms with Gasteiger partial charge < -0.3 is 97.7 Å². The van der Waals surface area contributed by atoms with E-state index in [4.69, 9.17) is 103 Å². The summed E-state index contributed by atoms with van der Waals surface area (Å²) < 4.78 is 95.6. The van der Waals surface area contributed by atoms with Crippen LogP contribution in [-0.4, -0.2) is 221 Å². The lowest BCUT2D eigenvalue weighted by atomic mass is 9.89. The topological polar surface area (TPSA) is 443 Å². The largest absolute Gasteiger partial charge is 0.463 e. The molecule has 6 aliphatic rings. The van der Waals surface area contributed by atoms with Crippen LogP contribution in [0.2, 0.25) is 20.1 Å². The van der Waals surface area contributed by atoms with E-state index in [1.54, 1.807) is 83.3 Å². The first-order chi connectivity index (χ1) is 65.8. The summed E-state index contributed by atoms with van der Waals surface area (Å²) in [5.74, 6) is -5.34. The lowest BCUT2D eigenvalue weighted by molar-refractivity contribution is -0.254. The first-order valence-electron chi connectivity index (χ1n) is 43.6. The van der Waals surface area contributed by atoms with Crippen molar-refractivity contribution in [1.82, 2.24) is 0 Å². The van der Waals surface area contributed by atoms with Crippen molar-refractivity contribution in [3.63, 3.8) is 0 Å². The van der Waals surface area contributed by atoms with Gasteiger partial charge in [0.25, 0.3) is 0 Å². The third-order valence-corrected chi connectivity index (χ3v) is 29.8. The Morgan fingerprint density at radius 1 is 0.326 bits per heavy atom. The summed E-state index contributed by atoms with van der Waals surface area (Å²) in [4.78, 5) is 101.